The van der Waals surface area contributed by atoms with Crippen LogP contribution in [-0.4, -0.2) is 17.1 Å². The summed E-state index contributed by atoms with van der Waals surface area (Å²) in [6.45, 7) is 7.02. The molecular formula is C15H20N2O. The van der Waals surface area contributed by atoms with Gasteiger partial charge in [0.25, 0.3) is 0 Å². The van der Waals surface area contributed by atoms with E-state index >= 15 is 0 Å². The summed E-state index contributed by atoms with van der Waals surface area (Å²) >= 11 is 0. The summed E-state index contributed by atoms with van der Waals surface area (Å²) < 4.78 is 5.25. The molecule has 0 N–H and O–H groups in total. The summed E-state index contributed by atoms with van der Waals surface area (Å²) in [5.41, 5.74) is 3.54. The molecule has 1 atom stereocenters. The zero-order valence-corrected chi connectivity index (χ0v) is 11.5. The van der Waals surface area contributed by atoms with E-state index in [1.54, 1.807) is 0 Å². The molecular weight excluding hydrogens is 224 g/mol. The average Bonchev–Trinajstić information content (AvgIpc) is 2.75. The average molecular weight is 244 g/mol. The molecule has 96 valence electrons. The number of aryl methyl sites for hydroxylation is 2. The summed E-state index contributed by atoms with van der Waals surface area (Å²) in [6, 6.07) is 11.0. The van der Waals surface area contributed by atoms with E-state index in [-0.39, 0.29) is 0 Å². The third kappa shape index (κ3) is 2.99. The topological polar surface area (TPSA) is 29.3 Å². The predicted octanol–water partition coefficient (Wildman–Crippen LogP) is 3.48. The number of nitrogens with zero attached hydrogens (tertiary/aromatic N) is 2. The van der Waals surface area contributed by atoms with Crippen LogP contribution in [0.15, 0.2) is 34.9 Å². The second kappa shape index (κ2) is 5.36. The lowest BCUT2D eigenvalue weighted by molar-refractivity contribution is 0.220. The van der Waals surface area contributed by atoms with E-state index in [1.807, 2.05) is 13.0 Å². The third-order valence-electron chi connectivity index (χ3n) is 3.30. The highest BCUT2D eigenvalue weighted by atomic mass is 16.5. The second-order valence-electron chi connectivity index (χ2n) is 4.94. The number of rotatable bonds is 4. The van der Waals surface area contributed by atoms with Gasteiger partial charge >= 0.3 is 0 Å². The molecule has 0 aliphatic rings. The van der Waals surface area contributed by atoms with Crippen molar-refractivity contribution in [1.82, 2.24) is 10.1 Å². The van der Waals surface area contributed by atoms with E-state index in [9.17, 15) is 0 Å². The van der Waals surface area contributed by atoms with E-state index < -0.39 is 0 Å². The molecule has 0 radical (unpaired) electrons. The highest BCUT2D eigenvalue weighted by Crippen LogP contribution is 2.21. The van der Waals surface area contributed by atoms with Crippen LogP contribution in [0.1, 0.15) is 35.5 Å². The van der Waals surface area contributed by atoms with Crippen molar-refractivity contribution in [2.24, 2.45) is 0 Å². The molecule has 3 heteroatoms. The fourth-order valence-corrected chi connectivity index (χ4v) is 1.97. The smallest absolute Gasteiger partial charge is 0.150 e. The van der Waals surface area contributed by atoms with Crippen molar-refractivity contribution >= 4 is 0 Å². The van der Waals surface area contributed by atoms with Crippen molar-refractivity contribution in [2.45, 2.75) is 33.4 Å². The monoisotopic (exact) mass is 244 g/mol. The van der Waals surface area contributed by atoms with Gasteiger partial charge in [0, 0.05) is 12.1 Å². The van der Waals surface area contributed by atoms with Gasteiger partial charge in [-0.15, -0.1) is 0 Å². The fraction of sp³-hybridized carbons (Fsp3) is 0.400. The zero-order chi connectivity index (χ0) is 13.1. The van der Waals surface area contributed by atoms with Gasteiger partial charge in [0.2, 0.25) is 0 Å². The molecule has 0 saturated carbocycles. The van der Waals surface area contributed by atoms with Crippen molar-refractivity contribution < 1.29 is 4.52 Å². The Bertz CT molecular complexity index is 501. The minimum atomic E-state index is 0.357. The van der Waals surface area contributed by atoms with Gasteiger partial charge in [-0.3, -0.25) is 4.90 Å². The van der Waals surface area contributed by atoms with Crippen LogP contribution in [0, 0.1) is 13.8 Å². The molecule has 0 bridgehead atoms. The van der Waals surface area contributed by atoms with Crippen molar-refractivity contribution in [1.29, 1.82) is 0 Å². The molecule has 0 spiro atoms. The number of hydrogen-bond acceptors (Lipinski definition) is 3. The Kier molecular flexibility index (Phi) is 3.82. The Morgan fingerprint density at radius 2 is 1.89 bits per heavy atom. The maximum absolute atomic E-state index is 5.25. The van der Waals surface area contributed by atoms with E-state index in [1.165, 1.54) is 11.1 Å². The molecule has 0 saturated heterocycles. The van der Waals surface area contributed by atoms with Crippen molar-refractivity contribution in [2.75, 3.05) is 7.05 Å². The maximum Gasteiger partial charge on any atom is 0.150 e. The minimum Gasteiger partial charge on any atom is -0.360 e. The summed E-state index contributed by atoms with van der Waals surface area (Å²) in [6.07, 6.45) is 0. The van der Waals surface area contributed by atoms with Crippen LogP contribution < -0.4 is 0 Å². The number of benzene rings is 1. The predicted molar refractivity (Wildman–Crippen MR) is 72.3 cm³/mol. The minimum absolute atomic E-state index is 0.357. The van der Waals surface area contributed by atoms with Crippen molar-refractivity contribution in [3.63, 3.8) is 0 Å². The highest BCUT2D eigenvalue weighted by Gasteiger charge is 2.13. The SMILES string of the molecule is Cc1ccc([C@@H](C)N(C)Cc2cc(C)no2)cc1. The first-order valence-electron chi connectivity index (χ1n) is 6.25. The van der Waals surface area contributed by atoms with Gasteiger partial charge in [0.05, 0.1) is 12.2 Å². The highest BCUT2D eigenvalue weighted by molar-refractivity contribution is 5.23. The first-order valence-corrected chi connectivity index (χ1v) is 6.25. The molecule has 18 heavy (non-hydrogen) atoms. The van der Waals surface area contributed by atoms with Crippen LogP contribution in [-0.2, 0) is 6.54 Å². The van der Waals surface area contributed by atoms with Gasteiger partial charge in [0.15, 0.2) is 5.76 Å². The Morgan fingerprint density at radius 1 is 1.22 bits per heavy atom. The molecule has 0 fully saturated rings. The second-order valence-corrected chi connectivity index (χ2v) is 4.94. The summed E-state index contributed by atoms with van der Waals surface area (Å²) in [7, 11) is 2.10. The standard InChI is InChI=1S/C15H20N2O/c1-11-5-7-14(8-6-11)13(3)17(4)10-15-9-12(2)16-18-15/h5-9,13H,10H2,1-4H3/t13-/m1/s1. The first kappa shape index (κ1) is 12.8. The number of hydrogen-bond donors (Lipinski definition) is 0. The first-order chi connectivity index (χ1) is 8.56. The molecule has 0 unspecified atom stereocenters. The molecule has 1 heterocycles. The van der Waals surface area contributed by atoms with E-state index in [0.29, 0.717) is 6.04 Å². The van der Waals surface area contributed by atoms with Gasteiger partial charge in [-0.25, -0.2) is 0 Å². The van der Waals surface area contributed by atoms with Crippen LogP contribution in [0.5, 0.6) is 0 Å². The Labute approximate surface area is 108 Å². The zero-order valence-electron chi connectivity index (χ0n) is 11.5. The summed E-state index contributed by atoms with van der Waals surface area (Å²) in [4.78, 5) is 2.25. The summed E-state index contributed by atoms with van der Waals surface area (Å²) in [5.74, 6) is 0.911. The van der Waals surface area contributed by atoms with Gasteiger partial charge in [-0.05, 0) is 33.4 Å². The third-order valence-corrected chi connectivity index (χ3v) is 3.30. The molecule has 0 aliphatic carbocycles. The van der Waals surface area contributed by atoms with Gasteiger partial charge in [0.1, 0.15) is 0 Å². The van der Waals surface area contributed by atoms with Gasteiger partial charge in [-0.1, -0.05) is 35.0 Å². The lowest BCUT2D eigenvalue weighted by atomic mass is 10.1. The lowest BCUT2D eigenvalue weighted by Crippen LogP contribution is -2.21. The molecule has 1 aromatic heterocycles. The van der Waals surface area contributed by atoms with Gasteiger partial charge < -0.3 is 4.52 Å². The van der Waals surface area contributed by atoms with Crippen LogP contribution in [0.25, 0.3) is 0 Å². The normalized spacial score (nSPS) is 12.9. The van der Waals surface area contributed by atoms with Crippen molar-refractivity contribution in [3.05, 3.63) is 52.9 Å². The Morgan fingerprint density at radius 3 is 2.44 bits per heavy atom. The van der Waals surface area contributed by atoms with Crippen LogP contribution >= 0.6 is 0 Å². The molecule has 2 aromatic rings. The Hall–Kier alpha value is -1.61. The largest absolute Gasteiger partial charge is 0.360 e. The van der Waals surface area contributed by atoms with E-state index in [2.05, 4.69) is 55.2 Å². The molecule has 2 rings (SSSR count). The quantitative estimate of drug-likeness (QED) is 0.824. The van der Waals surface area contributed by atoms with Crippen LogP contribution in [0.2, 0.25) is 0 Å². The van der Waals surface area contributed by atoms with Crippen LogP contribution in [0.4, 0.5) is 0 Å². The Balaban J connectivity index is 2.04. The molecule has 1 aromatic carbocycles. The number of aromatic nitrogens is 1. The van der Waals surface area contributed by atoms with E-state index in [4.69, 9.17) is 4.52 Å². The fourth-order valence-electron chi connectivity index (χ4n) is 1.97. The molecule has 3 nitrogen and oxygen atoms in total. The summed E-state index contributed by atoms with van der Waals surface area (Å²) in [5, 5.41) is 3.91. The molecule has 0 amide bonds. The van der Waals surface area contributed by atoms with Crippen molar-refractivity contribution in [3.8, 4) is 0 Å². The van der Waals surface area contributed by atoms with Crippen LogP contribution in [0.3, 0.4) is 0 Å². The van der Waals surface area contributed by atoms with Gasteiger partial charge in [-0.2, -0.15) is 0 Å². The lowest BCUT2D eigenvalue weighted by Gasteiger charge is -2.23. The van der Waals surface area contributed by atoms with E-state index in [0.717, 1.165) is 18.0 Å². The maximum atomic E-state index is 5.25. The molecule has 0 aliphatic heterocycles.